The predicted octanol–water partition coefficient (Wildman–Crippen LogP) is 2.17. The van der Waals surface area contributed by atoms with Crippen molar-refractivity contribution in [2.24, 2.45) is 0 Å². The minimum Gasteiger partial charge on any atom is -0.296 e. The van der Waals surface area contributed by atoms with E-state index < -0.39 is 9.84 Å². The van der Waals surface area contributed by atoms with E-state index in [9.17, 15) is 13.2 Å². The second-order valence-corrected chi connectivity index (χ2v) is 7.95. The maximum absolute atomic E-state index is 12.3. The Morgan fingerprint density at radius 2 is 2.13 bits per heavy atom. The normalized spacial score (nSPS) is 11.7. The Morgan fingerprint density at radius 3 is 2.83 bits per heavy atom. The van der Waals surface area contributed by atoms with E-state index in [1.54, 1.807) is 29.1 Å². The van der Waals surface area contributed by atoms with Crippen LogP contribution in [0.3, 0.4) is 0 Å². The first-order chi connectivity index (χ1) is 10.9. The summed E-state index contributed by atoms with van der Waals surface area (Å²) >= 11 is 1.23. The van der Waals surface area contributed by atoms with Crippen LogP contribution in [-0.2, 0) is 16.4 Å². The van der Waals surface area contributed by atoms with Gasteiger partial charge in [0.05, 0.1) is 15.1 Å². The molecule has 0 unspecified atom stereocenters. The maximum Gasteiger partial charge on any atom is 0.275 e. The van der Waals surface area contributed by atoms with Crippen molar-refractivity contribution in [1.82, 2.24) is 14.8 Å². The first kappa shape index (κ1) is 15.6. The van der Waals surface area contributed by atoms with E-state index >= 15 is 0 Å². The molecule has 0 saturated carbocycles. The van der Waals surface area contributed by atoms with E-state index in [0.29, 0.717) is 27.6 Å². The van der Waals surface area contributed by atoms with Gasteiger partial charge in [-0.25, -0.2) is 13.4 Å². The highest BCUT2D eigenvalue weighted by atomic mass is 32.2. The summed E-state index contributed by atoms with van der Waals surface area (Å²) in [7, 11) is -3.27. The Kier molecular flexibility index (Phi) is 3.90. The summed E-state index contributed by atoms with van der Waals surface area (Å²) in [4.78, 5) is 16.8. The number of hydrogen-bond acceptors (Lipinski definition) is 6. The summed E-state index contributed by atoms with van der Waals surface area (Å²) in [5.74, 6) is -0.299. The Labute approximate surface area is 136 Å². The molecule has 0 saturated heterocycles. The number of thiazole rings is 1. The van der Waals surface area contributed by atoms with Crippen molar-refractivity contribution in [3.63, 3.8) is 0 Å². The Morgan fingerprint density at radius 1 is 1.35 bits per heavy atom. The van der Waals surface area contributed by atoms with E-state index in [1.807, 2.05) is 6.92 Å². The second kappa shape index (κ2) is 5.74. The molecular formula is C14H14N4O3S2. The van der Waals surface area contributed by atoms with Crippen LogP contribution in [0.2, 0.25) is 0 Å². The lowest BCUT2D eigenvalue weighted by Gasteiger charge is -2.03. The van der Waals surface area contributed by atoms with E-state index in [0.717, 1.165) is 6.26 Å². The van der Waals surface area contributed by atoms with Crippen LogP contribution >= 0.6 is 11.3 Å². The molecule has 120 valence electrons. The number of hydrogen-bond donors (Lipinski definition) is 1. The van der Waals surface area contributed by atoms with Crippen molar-refractivity contribution in [3.05, 3.63) is 36.2 Å². The first-order valence-electron chi connectivity index (χ1n) is 6.82. The summed E-state index contributed by atoms with van der Waals surface area (Å²) in [6.45, 7) is 2.49. The van der Waals surface area contributed by atoms with Gasteiger partial charge in [-0.05, 0) is 31.2 Å². The molecule has 1 N–H and O–H groups in total. The van der Waals surface area contributed by atoms with E-state index in [4.69, 9.17) is 0 Å². The zero-order chi connectivity index (χ0) is 16.6. The molecule has 3 aromatic rings. The standard InChI is InChI=1S/C14H14N4O3S2/c1-3-18-11(6-7-15-18)13(19)17-14-16-10-5-4-9(23(2,20)21)8-12(10)22-14/h4-8H,3H2,1-2H3,(H,16,17,19). The monoisotopic (exact) mass is 350 g/mol. The molecule has 0 spiro atoms. The van der Waals surface area contributed by atoms with Crippen molar-refractivity contribution < 1.29 is 13.2 Å². The predicted molar refractivity (Wildman–Crippen MR) is 88.6 cm³/mol. The van der Waals surface area contributed by atoms with Gasteiger partial charge in [-0.3, -0.25) is 14.8 Å². The number of anilines is 1. The Hall–Kier alpha value is -2.26. The van der Waals surface area contributed by atoms with Gasteiger partial charge in [-0.1, -0.05) is 11.3 Å². The molecule has 9 heteroatoms. The second-order valence-electron chi connectivity index (χ2n) is 4.91. The number of aryl methyl sites for hydroxylation is 1. The molecule has 0 aliphatic rings. The molecule has 1 amide bonds. The number of benzene rings is 1. The van der Waals surface area contributed by atoms with E-state index in [1.165, 1.54) is 17.4 Å². The molecule has 0 aliphatic carbocycles. The Bertz CT molecular complexity index is 989. The molecule has 2 aromatic heterocycles. The van der Waals surface area contributed by atoms with Crippen LogP contribution in [0.5, 0.6) is 0 Å². The molecule has 0 atom stereocenters. The summed E-state index contributed by atoms with van der Waals surface area (Å²) in [6.07, 6.45) is 2.72. The minimum atomic E-state index is -3.27. The summed E-state index contributed by atoms with van der Waals surface area (Å²) in [5, 5.41) is 7.19. The average Bonchev–Trinajstić information content (AvgIpc) is 3.10. The Balaban J connectivity index is 1.91. The van der Waals surface area contributed by atoms with Gasteiger partial charge in [-0.15, -0.1) is 0 Å². The molecule has 0 radical (unpaired) electrons. The third kappa shape index (κ3) is 3.10. The zero-order valence-electron chi connectivity index (χ0n) is 12.5. The van der Waals surface area contributed by atoms with Crippen molar-refractivity contribution >= 4 is 42.4 Å². The van der Waals surface area contributed by atoms with Crippen LogP contribution in [0.25, 0.3) is 10.2 Å². The van der Waals surface area contributed by atoms with Crippen molar-refractivity contribution in [2.75, 3.05) is 11.6 Å². The van der Waals surface area contributed by atoms with Gasteiger partial charge in [0.15, 0.2) is 15.0 Å². The van der Waals surface area contributed by atoms with Gasteiger partial charge in [0.2, 0.25) is 0 Å². The molecule has 3 rings (SSSR count). The number of nitrogens with zero attached hydrogens (tertiary/aromatic N) is 3. The van der Waals surface area contributed by atoms with Gasteiger partial charge in [0.25, 0.3) is 5.91 Å². The lowest BCUT2D eigenvalue weighted by Crippen LogP contribution is -2.17. The third-order valence-electron chi connectivity index (χ3n) is 3.26. The van der Waals surface area contributed by atoms with Crippen LogP contribution < -0.4 is 5.32 Å². The average molecular weight is 350 g/mol. The van der Waals surface area contributed by atoms with Crippen molar-refractivity contribution in [2.45, 2.75) is 18.4 Å². The fraction of sp³-hybridized carbons (Fsp3) is 0.214. The molecule has 0 bridgehead atoms. The summed E-state index contributed by atoms with van der Waals surface area (Å²) in [6, 6.07) is 6.34. The van der Waals surface area contributed by atoms with Gasteiger partial charge in [0.1, 0.15) is 5.69 Å². The van der Waals surface area contributed by atoms with Crippen LogP contribution in [0.4, 0.5) is 5.13 Å². The molecule has 23 heavy (non-hydrogen) atoms. The SMILES string of the molecule is CCn1nccc1C(=O)Nc1nc2ccc(S(C)(=O)=O)cc2s1. The molecule has 0 aliphatic heterocycles. The highest BCUT2D eigenvalue weighted by molar-refractivity contribution is 7.90. The molecule has 2 heterocycles. The number of sulfone groups is 1. The number of fused-ring (bicyclic) bond motifs is 1. The molecule has 7 nitrogen and oxygen atoms in total. The van der Waals surface area contributed by atoms with Gasteiger partial charge in [0, 0.05) is 19.0 Å². The quantitative estimate of drug-likeness (QED) is 0.778. The van der Waals surface area contributed by atoms with Crippen molar-refractivity contribution in [1.29, 1.82) is 0 Å². The van der Waals surface area contributed by atoms with Gasteiger partial charge >= 0.3 is 0 Å². The number of carbonyl (C=O) groups excluding carboxylic acids is 1. The molecular weight excluding hydrogens is 336 g/mol. The highest BCUT2D eigenvalue weighted by Crippen LogP contribution is 2.28. The third-order valence-corrected chi connectivity index (χ3v) is 5.30. The lowest BCUT2D eigenvalue weighted by molar-refractivity contribution is 0.101. The fourth-order valence-electron chi connectivity index (χ4n) is 2.13. The number of aromatic nitrogens is 3. The van der Waals surface area contributed by atoms with Crippen LogP contribution in [0.15, 0.2) is 35.4 Å². The lowest BCUT2D eigenvalue weighted by atomic mass is 10.3. The largest absolute Gasteiger partial charge is 0.296 e. The first-order valence-corrected chi connectivity index (χ1v) is 9.53. The molecule has 0 fully saturated rings. The summed E-state index contributed by atoms with van der Waals surface area (Å²) < 4.78 is 25.5. The smallest absolute Gasteiger partial charge is 0.275 e. The number of nitrogens with one attached hydrogen (secondary N) is 1. The van der Waals surface area contributed by atoms with Crippen molar-refractivity contribution in [3.8, 4) is 0 Å². The van der Waals surface area contributed by atoms with Gasteiger partial charge in [-0.2, -0.15) is 5.10 Å². The van der Waals surface area contributed by atoms with Crippen LogP contribution in [-0.4, -0.2) is 35.3 Å². The molecule has 1 aromatic carbocycles. The summed E-state index contributed by atoms with van der Waals surface area (Å²) in [5.41, 5.74) is 1.09. The van der Waals surface area contributed by atoms with E-state index in [-0.39, 0.29) is 10.8 Å². The van der Waals surface area contributed by atoms with Gasteiger partial charge < -0.3 is 0 Å². The minimum absolute atomic E-state index is 0.232. The van der Waals surface area contributed by atoms with Crippen LogP contribution in [0.1, 0.15) is 17.4 Å². The topological polar surface area (TPSA) is 93.9 Å². The number of carbonyl (C=O) groups is 1. The van der Waals surface area contributed by atoms with E-state index in [2.05, 4.69) is 15.4 Å². The zero-order valence-corrected chi connectivity index (χ0v) is 14.1. The fourth-order valence-corrected chi connectivity index (χ4v) is 3.75. The highest BCUT2D eigenvalue weighted by Gasteiger charge is 2.15. The maximum atomic E-state index is 12.3. The number of amides is 1. The number of rotatable bonds is 4. The van der Waals surface area contributed by atoms with Crippen LogP contribution in [0, 0.1) is 0 Å².